The van der Waals surface area contributed by atoms with Crippen molar-refractivity contribution < 1.29 is 28.9 Å². The number of ketones is 1. The minimum absolute atomic E-state index is 0.000790. The number of likely N-dealkylation sites (tertiary alicyclic amines) is 1. The highest BCUT2D eigenvalue weighted by molar-refractivity contribution is 6.46. The Hall–Kier alpha value is -3.07. The van der Waals surface area contributed by atoms with Crippen molar-refractivity contribution in [3.63, 3.8) is 0 Å². The summed E-state index contributed by atoms with van der Waals surface area (Å²) in [7, 11) is 3.02. The summed E-state index contributed by atoms with van der Waals surface area (Å²) < 4.78 is 16.5. The molecule has 0 unspecified atom stereocenters. The Morgan fingerprint density at radius 2 is 1.76 bits per heavy atom. The normalized spacial score (nSPS) is 20.6. The van der Waals surface area contributed by atoms with Gasteiger partial charge in [-0.1, -0.05) is 23.7 Å². The third kappa shape index (κ3) is 4.61. The van der Waals surface area contributed by atoms with E-state index in [-0.39, 0.29) is 11.3 Å². The fraction of sp³-hybridized carbons (Fsp3) is 0.360. The molecule has 2 aliphatic rings. The van der Waals surface area contributed by atoms with E-state index in [0.717, 1.165) is 13.1 Å². The Labute approximate surface area is 203 Å². The van der Waals surface area contributed by atoms with Gasteiger partial charge in [-0.25, -0.2) is 0 Å². The molecule has 0 aromatic heterocycles. The Morgan fingerprint density at radius 1 is 1.06 bits per heavy atom. The molecule has 1 amide bonds. The lowest BCUT2D eigenvalue weighted by atomic mass is 9.94. The van der Waals surface area contributed by atoms with Gasteiger partial charge in [-0.05, 0) is 30.3 Å². The fourth-order valence-electron chi connectivity index (χ4n) is 4.40. The highest BCUT2D eigenvalue weighted by atomic mass is 35.5. The van der Waals surface area contributed by atoms with Gasteiger partial charge in [0, 0.05) is 42.3 Å². The number of methoxy groups -OCH3 is 2. The third-order valence-corrected chi connectivity index (χ3v) is 6.40. The zero-order chi connectivity index (χ0) is 24.2. The number of rotatable bonds is 7. The quantitative estimate of drug-likeness (QED) is 0.365. The number of hydrogen-bond donors (Lipinski definition) is 1. The van der Waals surface area contributed by atoms with Crippen LogP contribution in [0.15, 0.2) is 48.0 Å². The lowest BCUT2D eigenvalue weighted by molar-refractivity contribution is -0.140. The molecule has 2 aliphatic heterocycles. The molecule has 34 heavy (non-hydrogen) atoms. The highest BCUT2D eigenvalue weighted by Crippen LogP contribution is 2.45. The van der Waals surface area contributed by atoms with Crippen LogP contribution in [0.25, 0.3) is 5.76 Å². The van der Waals surface area contributed by atoms with Gasteiger partial charge in [-0.15, -0.1) is 0 Å². The van der Waals surface area contributed by atoms with Crippen LogP contribution in [-0.4, -0.2) is 80.2 Å². The number of halogens is 1. The van der Waals surface area contributed by atoms with Crippen molar-refractivity contribution in [2.75, 3.05) is 53.6 Å². The van der Waals surface area contributed by atoms with Crippen LogP contribution in [0.1, 0.15) is 17.2 Å². The molecular weight excluding hydrogens is 460 g/mol. The largest absolute Gasteiger partial charge is 0.507 e. The van der Waals surface area contributed by atoms with Crippen molar-refractivity contribution in [2.45, 2.75) is 6.04 Å². The second kappa shape index (κ2) is 10.5. The Balaban J connectivity index is 1.81. The number of Topliss-reactive ketones (excluding diaryl/α,β-unsaturated/α-hetero) is 1. The van der Waals surface area contributed by atoms with Crippen molar-refractivity contribution in [3.05, 3.63) is 64.2 Å². The first-order valence-electron chi connectivity index (χ1n) is 11.0. The number of morpholine rings is 1. The maximum Gasteiger partial charge on any atom is 0.295 e. The topological polar surface area (TPSA) is 88.5 Å². The second-order valence-electron chi connectivity index (χ2n) is 8.04. The number of ether oxygens (including phenoxy) is 3. The van der Waals surface area contributed by atoms with Gasteiger partial charge in [0.1, 0.15) is 5.76 Å². The highest BCUT2D eigenvalue weighted by Gasteiger charge is 2.47. The summed E-state index contributed by atoms with van der Waals surface area (Å²) >= 11 is 5.99. The molecule has 1 atom stereocenters. The van der Waals surface area contributed by atoms with Gasteiger partial charge in [0.25, 0.3) is 11.7 Å². The fourth-order valence-corrected chi connectivity index (χ4v) is 4.52. The third-order valence-electron chi connectivity index (χ3n) is 6.15. The number of benzene rings is 2. The van der Waals surface area contributed by atoms with Crippen LogP contribution in [-0.2, 0) is 14.3 Å². The molecule has 2 aromatic carbocycles. The van der Waals surface area contributed by atoms with E-state index < -0.39 is 17.7 Å². The number of aliphatic hydroxyl groups is 1. The molecule has 8 nitrogen and oxygen atoms in total. The monoisotopic (exact) mass is 486 g/mol. The average Bonchev–Trinajstić information content (AvgIpc) is 3.12. The molecule has 0 saturated carbocycles. The van der Waals surface area contributed by atoms with Gasteiger partial charge in [-0.2, -0.15) is 0 Å². The molecular formula is C25H27ClN2O6. The number of aliphatic hydroxyl groups excluding tert-OH is 1. The van der Waals surface area contributed by atoms with Crippen LogP contribution in [0.4, 0.5) is 0 Å². The number of amides is 1. The molecule has 2 heterocycles. The molecule has 1 N–H and O–H groups in total. The van der Waals surface area contributed by atoms with Crippen molar-refractivity contribution in [1.82, 2.24) is 9.80 Å². The Bertz CT molecular complexity index is 1100. The Kier molecular flexibility index (Phi) is 7.41. The van der Waals surface area contributed by atoms with Gasteiger partial charge in [0.15, 0.2) is 11.5 Å². The van der Waals surface area contributed by atoms with Crippen LogP contribution in [0.2, 0.25) is 5.02 Å². The molecule has 2 saturated heterocycles. The van der Waals surface area contributed by atoms with Gasteiger partial charge in [-0.3, -0.25) is 14.5 Å². The van der Waals surface area contributed by atoms with E-state index in [1.165, 1.54) is 19.1 Å². The zero-order valence-electron chi connectivity index (χ0n) is 19.1. The lowest BCUT2D eigenvalue weighted by Crippen LogP contribution is -2.42. The van der Waals surface area contributed by atoms with Crippen LogP contribution >= 0.6 is 11.6 Å². The van der Waals surface area contributed by atoms with Crippen LogP contribution in [0.3, 0.4) is 0 Å². The number of para-hydroxylation sites is 1. The summed E-state index contributed by atoms with van der Waals surface area (Å²) in [5, 5.41) is 11.7. The number of carbonyl (C=O) groups is 2. The SMILES string of the molecule is COc1cccc([C@@H]2C(=C(O)c3ccc(Cl)cc3)C(=O)C(=O)N2CCN2CCOCC2)c1OC. The minimum atomic E-state index is -0.846. The maximum absolute atomic E-state index is 13.2. The standard InChI is InChI=1S/C25H27ClN2O6/c1-32-19-5-3-4-18(24(19)33-2)21-20(22(29)16-6-8-17(26)9-7-16)23(30)25(31)28(21)11-10-27-12-14-34-15-13-27/h3-9,21,29H,10-15H2,1-2H3/t21-/m1/s1. The summed E-state index contributed by atoms with van der Waals surface area (Å²) in [6.07, 6.45) is 0. The van der Waals surface area contributed by atoms with E-state index in [2.05, 4.69) is 4.90 Å². The first-order valence-corrected chi connectivity index (χ1v) is 11.4. The number of carbonyl (C=O) groups excluding carboxylic acids is 2. The summed E-state index contributed by atoms with van der Waals surface area (Å²) in [5.74, 6) is -0.817. The summed E-state index contributed by atoms with van der Waals surface area (Å²) in [5.41, 5.74) is 0.946. The van der Waals surface area contributed by atoms with Crippen molar-refractivity contribution in [2.24, 2.45) is 0 Å². The molecule has 0 spiro atoms. The van der Waals surface area contributed by atoms with Gasteiger partial charge in [0.05, 0.1) is 39.0 Å². The summed E-state index contributed by atoms with van der Waals surface area (Å²) in [6.45, 7) is 3.63. The molecule has 2 fully saturated rings. The van der Waals surface area contributed by atoms with Crippen molar-refractivity contribution in [1.29, 1.82) is 0 Å². The molecule has 9 heteroatoms. The van der Waals surface area contributed by atoms with E-state index in [1.54, 1.807) is 42.5 Å². The van der Waals surface area contributed by atoms with Crippen LogP contribution < -0.4 is 9.47 Å². The van der Waals surface area contributed by atoms with Gasteiger partial charge >= 0.3 is 0 Å². The Morgan fingerprint density at radius 3 is 2.41 bits per heavy atom. The van der Waals surface area contributed by atoms with Crippen LogP contribution in [0, 0.1) is 0 Å². The van der Waals surface area contributed by atoms with E-state index >= 15 is 0 Å². The average molecular weight is 487 g/mol. The van der Waals surface area contributed by atoms with E-state index in [0.29, 0.717) is 54.0 Å². The van der Waals surface area contributed by atoms with Crippen LogP contribution in [0.5, 0.6) is 11.5 Å². The maximum atomic E-state index is 13.2. The smallest absolute Gasteiger partial charge is 0.295 e. The molecule has 0 radical (unpaired) electrons. The van der Waals surface area contributed by atoms with Crippen molar-refractivity contribution in [3.8, 4) is 11.5 Å². The predicted molar refractivity (Wildman–Crippen MR) is 127 cm³/mol. The van der Waals surface area contributed by atoms with Gasteiger partial charge < -0.3 is 24.2 Å². The minimum Gasteiger partial charge on any atom is -0.507 e. The first-order chi connectivity index (χ1) is 16.5. The molecule has 4 rings (SSSR count). The molecule has 0 aliphatic carbocycles. The van der Waals surface area contributed by atoms with E-state index in [4.69, 9.17) is 25.8 Å². The number of hydrogen-bond acceptors (Lipinski definition) is 7. The zero-order valence-corrected chi connectivity index (χ0v) is 19.9. The van der Waals surface area contributed by atoms with E-state index in [1.807, 2.05) is 0 Å². The second-order valence-corrected chi connectivity index (χ2v) is 8.47. The first kappa shape index (κ1) is 24.1. The summed E-state index contributed by atoms with van der Waals surface area (Å²) in [4.78, 5) is 30.1. The lowest BCUT2D eigenvalue weighted by Gasteiger charge is -2.31. The van der Waals surface area contributed by atoms with Gasteiger partial charge in [0.2, 0.25) is 0 Å². The molecule has 180 valence electrons. The predicted octanol–water partition coefficient (Wildman–Crippen LogP) is 3.11. The van der Waals surface area contributed by atoms with E-state index in [9.17, 15) is 14.7 Å². The number of nitrogens with zero attached hydrogens (tertiary/aromatic N) is 2. The summed E-state index contributed by atoms with van der Waals surface area (Å²) in [6, 6.07) is 10.9. The molecule has 2 aromatic rings. The van der Waals surface area contributed by atoms with Crippen molar-refractivity contribution >= 4 is 29.1 Å². The molecule has 0 bridgehead atoms.